The first-order chi connectivity index (χ1) is 5.63. The Bertz CT molecular complexity index is 136. The van der Waals surface area contributed by atoms with Crippen LogP contribution in [-0.2, 0) is 0 Å². The highest BCUT2D eigenvalue weighted by atomic mass is 19.1. The van der Waals surface area contributed by atoms with Crippen molar-refractivity contribution in [3.63, 3.8) is 0 Å². The Morgan fingerprint density at radius 1 is 1.17 bits per heavy atom. The first-order valence-corrected chi connectivity index (χ1v) is 4.25. The molecular formula is C11H19F. The van der Waals surface area contributed by atoms with E-state index in [0.29, 0.717) is 5.57 Å². The van der Waals surface area contributed by atoms with Crippen LogP contribution in [-0.4, -0.2) is 0 Å². The molecule has 0 atom stereocenters. The molecule has 0 N–H and O–H groups in total. The van der Waals surface area contributed by atoms with E-state index in [-0.39, 0.29) is 5.83 Å². The Labute approximate surface area is 75.5 Å². The maximum atomic E-state index is 12.2. The minimum atomic E-state index is -0.306. The topological polar surface area (TPSA) is 0 Å². The molecule has 0 aromatic carbocycles. The summed E-state index contributed by atoms with van der Waals surface area (Å²) < 4.78 is 12.2. The lowest BCUT2D eigenvalue weighted by Gasteiger charge is -1.87. The largest absolute Gasteiger partial charge is 0.207 e. The second-order valence-corrected chi connectivity index (χ2v) is 2.44. The molecule has 0 unspecified atom stereocenters. The van der Waals surface area contributed by atoms with Gasteiger partial charge in [-0.25, -0.2) is 4.39 Å². The molecule has 0 saturated heterocycles. The van der Waals surface area contributed by atoms with E-state index < -0.39 is 0 Å². The predicted molar refractivity (Wildman–Crippen MR) is 54.8 cm³/mol. The van der Waals surface area contributed by atoms with E-state index >= 15 is 0 Å². The fourth-order valence-electron chi connectivity index (χ4n) is 0.258. The smallest absolute Gasteiger partial charge is 0.125 e. The Hall–Kier alpha value is -0.850. The highest BCUT2D eigenvalue weighted by Gasteiger charge is 1.87. The molecule has 0 saturated carbocycles. The van der Waals surface area contributed by atoms with Crippen molar-refractivity contribution in [2.24, 2.45) is 0 Å². The molecule has 0 bridgehead atoms. The molecule has 0 aromatic rings. The van der Waals surface area contributed by atoms with E-state index in [1.807, 2.05) is 0 Å². The lowest BCUT2D eigenvalue weighted by atomic mass is 10.3. The number of hydrogen-bond acceptors (Lipinski definition) is 0. The van der Waals surface area contributed by atoms with Crippen LogP contribution in [0.15, 0.2) is 36.7 Å². The van der Waals surface area contributed by atoms with Gasteiger partial charge in [0, 0.05) is 0 Å². The molecular weight excluding hydrogens is 151 g/mol. The number of rotatable bonds is 3. The molecule has 0 heterocycles. The van der Waals surface area contributed by atoms with Crippen LogP contribution in [0, 0.1) is 0 Å². The van der Waals surface area contributed by atoms with Crippen molar-refractivity contribution in [1.29, 1.82) is 0 Å². The van der Waals surface area contributed by atoms with E-state index in [1.54, 1.807) is 6.92 Å². The van der Waals surface area contributed by atoms with Gasteiger partial charge in [0.2, 0.25) is 0 Å². The van der Waals surface area contributed by atoms with E-state index in [2.05, 4.69) is 27.0 Å². The Kier molecular flexibility index (Phi) is 11.6. The second-order valence-electron chi connectivity index (χ2n) is 2.44. The van der Waals surface area contributed by atoms with Crippen LogP contribution in [0.5, 0.6) is 0 Å². The van der Waals surface area contributed by atoms with Crippen LogP contribution < -0.4 is 0 Å². The van der Waals surface area contributed by atoms with Crippen molar-refractivity contribution >= 4 is 0 Å². The summed E-state index contributed by atoms with van der Waals surface area (Å²) in [7, 11) is 0. The van der Waals surface area contributed by atoms with Crippen LogP contribution in [0.3, 0.4) is 0 Å². The fraction of sp³-hybridized carbons (Fsp3) is 0.455. The third-order valence-corrected chi connectivity index (χ3v) is 1.36. The summed E-state index contributed by atoms with van der Waals surface area (Å²) in [5.41, 5.74) is 0.528. The van der Waals surface area contributed by atoms with Crippen LogP contribution in [0.2, 0.25) is 0 Å². The normalized spacial score (nSPS) is 10.7. The molecule has 70 valence electrons. The maximum Gasteiger partial charge on any atom is 0.125 e. The Morgan fingerprint density at radius 3 is 1.67 bits per heavy atom. The van der Waals surface area contributed by atoms with Crippen LogP contribution >= 0.6 is 0 Å². The molecule has 1 heteroatoms. The standard InChI is InChI=1S/C7H9F.C4H10/c1-4-6(3)7(8)5-2;1-3-4-2/h4-5H,1-2H2,3H3;3-4H2,1-2H3/b7-6+;. The van der Waals surface area contributed by atoms with Crippen molar-refractivity contribution in [1.82, 2.24) is 0 Å². The minimum Gasteiger partial charge on any atom is -0.207 e. The van der Waals surface area contributed by atoms with Crippen molar-refractivity contribution in [2.75, 3.05) is 0 Å². The Morgan fingerprint density at radius 2 is 1.58 bits per heavy atom. The molecule has 0 fully saturated rings. The third-order valence-electron chi connectivity index (χ3n) is 1.36. The van der Waals surface area contributed by atoms with Crippen LogP contribution in [0.4, 0.5) is 4.39 Å². The van der Waals surface area contributed by atoms with Gasteiger partial charge in [-0.15, -0.1) is 0 Å². The molecule has 0 spiro atoms. The number of halogens is 1. The van der Waals surface area contributed by atoms with E-state index in [4.69, 9.17) is 0 Å². The minimum absolute atomic E-state index is 0.306. The van der Waals surface area contributed by atoms with E-state index in [1.165, 1.54) is 18.9 Å². The molecule has 0 aliphatic rings. The lowest BCUT2D eigenvalue weighted by molar-refractivity contribution is 0.659. The van der Waals surface area contributed by atoms with Gasteiger partial charge < -0.3 is 0 Å². The summed E-state index contributed by atoms with van der Waals surface area (Å²) in [6, 6.07) is 0. The summed E-state index contributed by atoms with van der Waals surface area (Å²) in [5.74, 6) is -0.306. The van der Waals surface area contributed by atoms with Gasteiger partial charge in [0.25, 0.3) is 0 Å². The zero-order valence-electron chi connectivity index (χ0n) is 8.36. The summed E-state index contributed by atoms with van der Waals surface area (Å²) in [4.78, 5) is 0. The second kappa shape index (κ2) is 10.2. The van der Waals surface area contributed by atoms with Crippen LogP contribution in [0.25, 0.3) is 0 Å². The van der Waals surface area contributed by atoms with Gasteiger partial charge >= 0.3 is 0 Å². The summed E-state index contributed by atoms with van der Waals surface area (Å²) in [6.45, 7) is 12.6. The van der Waals surface area contributed by atoms with Crippen molar-refractivity contribution in [3.8, 4) is 0 Å². The molecule has 0 aliphatic carbocycles. The van der Waals surface area contributed by atoms with Crippen molar-refractivity contribution in [3.05, 3.63) is 36.7 Å². The zero-order valence-corrected chi connectivity index (χ0v) is 8.36. The van der Waals surface area contributed by atoms with Gasteiger partial charge in [-0.3, -0.25) is 0 Å². The van der Waals surface area contributed by atoms with Crippen molar-refractivity contribution < 1.29 is 4.39 Å². The molecule has 0 amide bonds. The average Bonchev–Trinajstić information content (AvgIpc) is 2.15. The third kappa shape index (κ3) is 9.15. The molecule has 0 aliphatic heterocycles. The predicted octanol–water partition coefficient (Wildman–Crippen LogP) is 4.41. The van der Waals surface area contributed by atoms with E-state index in [0.717, 1.165) is 6.08 Å². The molecule has 0 aromatic heterocycles. The SMILES string of the molecule is C=C/C(C)=C(/F)C=C.CCCC. The van der Waals surface area contributed by atoms with Crippen LogP contribution in [0.1, 0.15) is 33.6 Å². The Balaban J connectivity index is 0. The zero-order chi connectivity index (χ0) is 9.98. The first kappa shape index (κ1) is 13.7. The summed E-state index contributed by atoms with van der Waals surface area (Å²) in [5, 5.41) is 0. The average molecular weight is 170 g/mol. The monoisotopic (exact) mass is 170 g/mol. The highest BCUT2D eigenvalue weighted by molar-refractivity contribution is 5.23. The van der Waals surface area contributed by atoms with Crippen molar-refractivity contribution in [2.45, 2.75) is 33.6 Å². The van der Waals surface area contributed by atoms with Gasteiger partial charge in [-0.2, -0.15) is 0 Å². The lowest BCUT2D eigenvalue weighted by Crippen LogP contribution is -1.69. The number of allylic oxidation sites excluding steroid dienone is 4. The highest BCUT2D eigenvalue weighted by Crippen LogP contribution is 2.05. The van der Waals surface area contributed by atoms with Gasteiger partial charge in [0.1, 0.15) is 5.83 Å². The number of unbranched alkanes of at least 4 members (excludes halogenated alkanes) is 1. The molecule has 0 nitrogen and oxygen atoms in total. The molecule has 12 heavy (non-hydrogen) atoms. The summed E-state index contributed by atoms with van der Waals surface area (Å²) in [6.07, 6.45) is 5.26. The van der Waals surface area contributed by atoms with Gasteiger partial charge in [-0.1, -0.05) is 45.9 Å². The van der Waals surface area contributed by atoms with Gasteiger partial charge in [0.15, 0.2) is 0 Å². The quantitative estimate of drug-likeness (QED) is 0.550. The molecule has 0 radical (unpaired) electrons. The summed E-state index contributed by atoms with van der Waals surface area (Å²) >= 11 is 0. The van der Waals surface area contributed by atoms with Gasteiger partial charge in [0.05, 0.1) is 0 Å². The fourth-order valence-corrected chi connectivity index (χ4v) is 0.258. The van der Waals surface area contributed by atoms with Gasteiger partial charge in [-0.05, 0) is 18.6 Å². The first-order valence-electron chi connectivity index (χ1n) is 4.25. The maximum absolute atomic E-state index is 12.2. The number of hydrogen-bond donors (Lipinski definition) is 0. The molecule has 0 rings (SSSR count). The van der Waals surface area contributed by atoms with E-state index in [9.17, 15) is 4.39 Å².